The lowest BCUT2D eigenvalue weighted by atomic mass is 9.93. The average molecular weight is 233 g/mol. The van der Waals surface area contributed by atoms with Crippen molar-refractivity contribution in [3.63, 3.8) is 0 Å². The minimum atomic E-state index is 0.370. The molecule has 16 heavy (non-hydrogen) atoms. The maximum Gasteiger partial charge on any atom is 0.193 e. The molecule has 0 radical (unpaired) electrons. The fourth-order valence-electron chi connectivity index (χ4n) is 2.16. The van der Waals surface area contributed by atoms with Gasteiger partial charge < -0.3 is 5.73 Å². The van der Waals surface area contributed by atoms with Gasteiger partial charge in [-0.1, -0.05) is 11.6 Å². The molecule has 2 aromatic rings. The third kappa shape index (κ3) is 1.90. The van der Waals surface area contributed by atoms with Crippen molar-refractivity contribution in [3.05, 3.63) is 35.1 Å². The zero-order valence-electron chi connectivity index (χ0n) is 9.10. The largest absolute Gasteiger partial charge is 0.327 e. The molecular weight excluding hydrogens is 218 g/mol. The molecule has 0 amide bonds. The summed E-state index contributed by atoms with van der Waals surface area (Å²) < 4.78 is 2.09. The van der Waals surface area contributed by atoms with E-state index in [1.165, 1.54) is 11.3 Å². The Morgan fingerprint density at radius 1 is 1.56 bits per heavy atom. The highest BCUT2D eigenvalue weighted by Crippen LogP contribution is 2.21. The van der Waals surface area contributed by atoms with E-state index in [1.54, 1.807) is 11.3 Å². The predicted octanol–water partition coefficient (Wildman–Crippen LogP) is 2.38. The first-order valence-corrected chi connectivity index (χ1v) is 6.54. The quantitative estimate of drug-likeness (QED) is 0.809. The van der Waals surface area contributed by atoms with Crippen LogP contribution < -0.4 is 5.73 Å². The van der Waals surface area contributed by atoms with Crippen LogP contribution in [0.25, 0.3) is 4.96 Å². The summed E-state index contributed by atoms with van der Waals surface area (Å²) in [5.74, 6) is 0. The molecular formula is C12H15N3S. The molecule has 3 rings (SSSR count). The topological polar surface area (TPSA) is 43.3 Å². The molecule has 0 fully saturated rings. The number of nitrogens with two attached hydrogens (primary N) is 1. The Morgan fingerprint density at radius 3 is 3.25 bits per heavy atom. The fourth-order valence-corrected chi connectivity index (χ4v) is 2.88. The van der Waals surface area contributed by atoms with Crippen molar-refractivity contribution in [2.24, 2.45) is 5.73 Å². The summed E-state index contributed by atoms with van der Waals surface area (Å²) >= 11 is 1.68. The molecule has 84 valence electrons. The molecule has 2 heterocycles. The average Bonchev–Trinajstić information content (AvgIpc) is 2.81. The van der Waals surface area contributed by atoms with Gasteiger partial charge in [0.05, 0.1) is 5.69 Å². The van der Waals surface area contributed by atoms with Crippen LogP contribution in [0.3, 0.4) is 0 Å². The third-order valence-corrected chi connectivity index (χ3v) is 3.87. The number of aromatic nitrogens is 2. The van der Waals surface area contributed by atoms with E-state index in [1.807, 2.05) is 0 Å². The van der Waals surface area contributed by atoms with Crippen LogP contribution in [-0.4, -0.2) is 15.4 Å². The number of allylic oxidation sites excluding steroid dienone is 1. The molecule has 0 saturated heterocycles. The first kappa shape index (κ1) is 10.1. The van der Waals surface area contributed by atoms with Gasteiger partial charge in [0.2, 0.25) is 0 Å². The van der Waals surface area contributed by atoms with E-state index in [2.05, 4.69) is 33.2 Å². The zero-order valence-corrected chi connectivity index (χ0v) is 9.91. The number of imidazole rings is 1. The minimum absolute atomic E-state index is 0.370. The van der Waals surface area contributed by atoms with E-state index in [9.17, 15) is 0 Å². The molecule has 1 aliphatic carbocycles. The van der Waals surface area contributed by atoms with Crippen molar-refractivity contribution >= 4 is 16.3 Å². The number of hydrogen-bond donors (Lipinski definition) is 1. The van der Waals surface area contributed by atoms with Gasteiger partial charge in [-0.15, -0.1) is 11.3 Å². The Labute approximate surface area is 98.6 Å². The van der Waals surface area contributed by atoms with Crippen LogP contribution in [0.15, 0.2) is 29.4 Å². The van der Waals surface area contributed by atoms with Gasteiger partial charge in [0.15, 0.2) is 4.96 Å². The Bertz CT molecular complexity index is 495. The van der Waals surface area contributed by atoms with Gasteiger partial charge in [-0.3, -0.25) is 4.40 Å². The molecule has 2 N–H and O–H groups in total. The normalized spacial score (nSPS) is 21.3. The molecule has 1 aliphatic rings. The Hall–Kier alpha value is -1.13. The number of thiazole rings is 1. The van der Waals surface area contributed by atoms with Crippen molar-refractivity contribution in [1.29, 1.82) is 0 Å². The first-order chi connectivity index (χ1) is 7.81. The smallest absolute Gasteiger partial charge is 0.193 e. The number of nitrogens with zero attached hydrogens (tertiary/aromatic N) is 2. The summed E-state index contributed by atoms with van der Waals surface area (Å²) in [5.41, 5.74) is 8.54. The van der Waals surface area contributed by atoms with E-state index in [0.29, 0.717) is 6.04 Å². The standard InChI is InChI=1S/C12H15N3S/c13-10-3-1-9(2-4-10)7-11-8-15-5-6-16-12(15)14-11/h1,5-6,8,10H,2-4,7,13H2. The molecule has 0 saturated carbocycles. The molecule has 2 aromatic heterocycles. The van der Waals surface area contributed by atoms with Gasteiger partial charge in [-0.25, -0.2) is 4.98 Å². The van der Waals surface area contributed by atoms with Gasteiger partial charge in [0, 0.05) is 30.2 Å². The second-order valence-electron chi connectivity index (χ2n) is 4.40. The summed E-state index contributed by atoms with van der Waals surface area (Å²) in [4.78, 5) is 5.68. The SMILES string of the molecule is NC1CC=C(Cc2cn3ccsc3n2)CC1. The highest BCUT2D eigenvalue weighted by molar-refractivity contribution is 7.15. The molecule has 0 bridgehead atoms. The van der Waals surface area contributed by atoms with Crippen molar-refractivity contribution in [3.8, 4) is 0 Å². The van der Waals surface area contributed by atoms with Crippen molar-refractivity contribution in [2.75, 3.05) is 0 Å². The number of rotatable bonds is 2. The highest BCUT2D eigenvalue weighted by atomic mass is 32.1. The summed E-state index contributed by atoms with van der Waals surface area (Å²) in [6.07, 6.45) is 10.7. The van der Waals surface area contributed by atoms with Gasteiger partial charge in [-0.05, 0) is 19.3 Å². The molecule has 0 aromatic carbocycles. The Balaban J connectivity index is 1.77. The second-order valence-corrected chi connectivity index (χ2v) is 5.27. The summed E-state index contributed by atoms with van der Waals surface area (Å²) in [7, 11) is 0. The van der Waals surface area contributed by atoms with Gasteiger partial charge in [0.1, 0.15) is 0 Å². The van der Waals surface area contributed by atoms with Gasteiger partial charge >= 0.3 is 0 Å². The first-order valence-electron chi connectivity index (χ1n) is 5.66. The van der Waals surface area contributed by atoms with Crippen molar-refractivity contribution in [2.45, 2.75) is 31.7 Å². The second kappa shape index (κ2) is 4.03. The van der Waals surface area contributed by atoms with Crippen LogP contribution >= 0.6 is 11.3 Å². The Morgan fingerprint density at radius 2 is 2.50 bits per heavy atom. The van der Waals surface area contributed by atoms with Crippen LogP contribution in [0.1, 0.15) is 25.0 Å². The zero-order chi connectivity index (χ0) is 11.0. The highest BCUT2D eigenvalue weighted by Gasteiger charge is 2.12. The molecule has 4 heteroatoms. The lowest BCUT2D eigenvalue weighted by molar-refractivity contribution is 0.583. The van der Waals surface area contributed by atoms with E-state index in [-0.39, 0.29) is 0 Å². The van der Waals surface area contributed by atoms with Crippen LogP contribution in [-0.2, 0) is 6.42 Å². The molecule has 0 aliphatic heterocycles. The summed E-state index contributed by atoms with van der Waals surface area (Å²) in [6.45, 7) is 0. The number of fused-ring (bicyclic) bond motifs is 1. The van der Waals surface area contributed by atoms with E-state index in [0.717, 1.165) is 30.6 Å². The van der Waals surface area contributed by atoms with Crippen LogP contribution in [0.2, 0.25) is 0 Å². The Kier molecular flexibility index (Phi) is 2.53. The fraction of sp³-hybridized carbons (Fsp3) is 0.417. The minimum Gasteiger partial charge on any atom is -0.327 e. The van der Waals surface area contributed by atoms with Gasteiger partial charge in [-0.2, -0.15) is 0 Å². The molecule has 3 nitrogen and oxygen atoms in total. The maximum atomic E-state index is 5.87. The monoisotopic (exact) mass is 233 g/mol. The van der Waals surface area contributed by atoms with E-state index >= 15 is 0 Å². The van der Waals surface area contributed by atoms with E-state index < -0.39 is 0 Å². The predicted molar refractivity (Wildman–Crippen MR) is 66.7 cm³/mol. The molecule has 1 atom stereocenters. The summed E-state index contributed by atoms with van der Waals surface area (Å²) in [6, 6.07) is 0.370. The van der Waals surface area contributed by atoms with Crippen molar-refractivity contribution in [1.82, 2.24) is 9.38 Å². The van der Waals surface area contributed by atoms with E-state index in [4.69, 9.17) is 5.73 Å². The van der Waals surface area contributed by atoms with Crippen LogP contribution in [0, 0.1) is 0 Å². The van der Waals surface area contributed by atoms with Crippen LogP contribution in [0.4, 0.5) is 0 Å². The molecule has 1 unspecified atom stereocenters. The lowest BCUT2D eigenvalue weighted by Gasteiger charge is -2.17. The number of hydrogen-bond acceptors (Lipinski definition) is 3. The third-order valence-electron chi connectivity index (χ3n) is 3.10. The van der Waals surface area contributed by atoms with Gasteiger partial charge in [0.25, 0.3) is 0 Å². The van der Waals surface area contributed by atoms with Crippen molar-refractivity contribution < 1.29 is 0 Å². The van der Waals surface area contributed by atoms with Crippen LogP contribution in [0.5, 0.6) is 0 Å². The lowest BCUT2D eigenvalue weighted by Crippen LogP contribution is -2.22. The molecule has 0 spiro atoms. The summed E-state index contributed by atoms with van der Waals surface area (Å²) in [5, 5.41) is 2.06. The maximum absolute atomic E-state index is 5.87.